The fourth-order valence-electron chi connectivity index (χ4n) is 3.58. The van der Waals surface area contributed by atoms with Crippen LogP contribution in [0, 0.1) is 0 Å². The van der Waals surface area contributed by atoms with Gasteiger partial charge in [0.25, 0.3) is 0 Å². The predicted octanol–water partition coefficient (Wildman–Crippen LogP) is 1.84. The molecule has 2 aliphatic rings. The van der Waals surface area contributed by atoms with Crippen molar-refractivity contribution in [2.75, 3.05) is 26.7 Å². The summed E-state index contributed by atoms with van der Waals surface area (Å²) in [6.07, 6.45) is 3.38. The van der Waals surface area contributed by atoms with Gasteiger partial charge < -0.3 is 10.0 Å². The molecule has 0 spiro atoms. The molecule has 3 rings (SSSR count). The van der Waals surface area contributed by atoms with E-state index >= 15 is 0 Å². The summed E-state index contributed by atoms with van der Waals surface area (Å²) in [7, 11) is 2.19. The third kappa shape index (κ3) is 2.58. The SMILES string of the molecule is CN1CCCC(N2CCc3c(cccc3C(=O)O)C2)C1. The number of aromatic carboxylic acids is 1. The van der Waals surface area contributed by atoms with Crippen molar-refractivity contribution in [3.8, 4) is 0 Å². The monoisotopic (exact) mass is 274 g/mol. The summed E-state index contributed by atoms with van der Waals surface area (Å²) >= 11 is 0. The summed E-state index contributed by atoms with van der Waals surface area (Å²) in [5.41, 5.74) is 2.73. The molecule has 1 saturated heterocycles. The molecule has 1 atom stereocenters. The van der Waals surface area contributed by atoms with Crippen molar-refractivity contribution in [1.29, 1.82) is 0 Å². The van der Waals surface area contributed by atoms with Crippen LogP contribution in [0.15, 0.2) is 18.2 Å². The maximum atomic E-state index is 11.3. The third-order valence-corrected chi connectivity index (χ3v) is 4.64. The van der Waals surface area contributed by atoms with Gasteiger partial charge in [0.15, 0.2) is 0 Å². The van der Waals surface area contributed by atoms with E-state index in [1.807, 2.05) is 6.07 Å². The Labute approximate surface area is 120 Å². The van der Waals surface area contributed by atoms with E-state index in [1.54, 1.807) is 6.07 Å². The van der Waals surface area contributed by atoms with E-state index in [1.165, 1.54) is 24.9 Å². The predicted molar refractivity (Wildman–Crippen MR) is 78.0 cm³/mol. The van der Waals surface area contributed by atoms with Gasteiger partial charge in [0.2, 0.25) is 0 Å². The first-order valence-corrected chi connectivity index (χ1v) is 7.42. The normalized spacial score (nSPS) is 24.4. The molecule has 20 heavy (non-hydrogen) atoms. The zero-order valence-electron chi connectivity index (χ0n) is 12.0. The molecule has 2 aliphatic heterocycles. The lowest BCUT2D eigenvalue weighted by atomic mass is 9.92. The van der Waals surface area contributed by atoms with Crippen LogP contribution >= 0.6 is 0 Å². The first-order valence-electron chi connectivity index (χ1n) is 7.42. The maximum Gasteiger partial charge on any atom is 0.335 e. The van der Waals surface area contributed by atoms with Crippen LogP contribution in [0.3, 0.4) is 0 Å². The number of fused-ring (bicyclic) bond motifs is 1. The first-order chi connectivity index (χ1) is 9.65. The molecule has 0 bridgehead atoms. The van der Waals surface area contributed by atoms with E-state index in [4.69, 9.17) is 0 Å². The molecule has 4 nitrogen and oxygen atoms in total. The number of carboxylic acid groups (broad SMARTS) is 1. The summed E-state index contributed by atoms with van der Waals surface area (Å²) in [4.78, 5) is 16.2. The highest BCUT2D eigenvalue weighted by atomic mass is 16.4. The van der Waals surface area contributed by atoms with Gasteiger partial charge in [0, 0.05) is 25.7 Å². The molecule has 1 N–H and O–H groups in total. The molecule has 2 heterocycles. The highest BCUT2D eigenvalue weighted by molar-refractivity contribution is 5.89. The molecule has 1 fully saturated rings. The number of carboxylic acids is 1. The van der Waals surface area contributed by atoms with E-state index in [2.05, 4.69) is 22.9 Å². The number of nitrogens with zero attached hydrogens (tertiary/aromatic N) is 2. The molecule has 4 heteroatoms. The van der Waals surface area contributed by atoms with Crippen molar-refractivity contribution in [3.05, 3.63) is 34.9 Å². The van der Waals surface area contributed by atoms with Gasteiger partial charge in [-0.15, -0.1) is 0 Å². The fraction of sp³-hybridized carbons (Fsp3) is 0.562. The van der Waals surface area contributed by atoms with Crippen LogP contribution in [0.1, 0.15) is 34.3 Å². The van der Waals surface area contributed by atoms with Crippen LogP contribution in [0.25, 0.3) is 0 Å². The average Bonchev–Trinajstić information content (AvgIpc) is 2.46. The Balaban J connectivity index is 1.78. The van der Waals surface area contributed by atoms with Crippen molar-refractivity contribution >= 4 is 5.97 Å². The molecule has 1 aromatic rings. The number of piperidine rings is 1. The van der Waals surface area contributed by atoms with Gasteiger partial charge in [-0.1, -0.05) is 12.1 Å². The molecule has 0 saturated carbocycles. The molecule has 108 valence electrons. The van der Waals surface area contributed by atoms with Crippen molar-refractivity contribution in [2.45, 2.75) is 31.8 Å². The van der Waals surface area contributed by atoms with Crippen LogP contribution < -0.4 is 0 Å². The molecule has 0 aliphatic carbocycles. The minimum atomic E-state index is -0.798. The first kappa shape index (κ1) is 13.6. The van der Waals surface area contributed by atoms with E-state index in [0.717, 1.165) is 31.6 Å². The lowest BCUT2D eigenvalue weighted by Gasteiger charge is -2.40. The second kappa shape index (κ2) is 5.54. The smallest absolute Gasteiger partial charge is 0.335 e. The third-order valence-electron chi connectivity index (χ3n) is 4.64. The van der Waals surface area contributed by atoms with Crippen LogP contribution in [0.5, 0.6) is 0 Å². The van der Waals surface area contributed by atoms with E-state index in [-0.39, 0.29) is 0 Å². The van der Waals surface area contributed by atoms with E-state index < -0.39 is 5.97 Å². The largest absolute Gasteiger partial charge is 0.478 e. The number of benzene rings is 1. The fourth-order valence-corrected chi connectivity index (χ4v) is 3.58. The summed E-state index contributed by atoms with van der Waals surface area (Å²) in [5.74, 6) is -0.798. The van der Waals surface area contributed by atoms with Gasteiger partial charge in [-0.25, -0.2) is 4.79 Å². The van der Waals surface area contributed by atoms with Gasteiger partial charge in [-0.05, 0) is 50.0 Å². The standard InChI is InChI=1S/C16H22N2O2/c1-17-8-3-5-13(11-17)18-9-7-14-12(10-18)4-2-6-15(14)16(19)20/h2,4,6,13H,3,5,7-11H2,1H3,(H,19,20). The summed E-state index contributed by atoms with van der Waals surface area (Å²) < 4.78 is 0. The number of likely N-dealkylation sites (tertiary alicyclic amines) is 1. The van der Waals surface area contributed by atoms with Crippen LogP contribution in [0.4, 0.5) is 0 Å². The number of hydrogen-bond donors (Lipinski definition) is 1. The zero-order valence-corrected chi connectivity index (χ0v) is 12.0. The topological polar surface area (TPSA) is 43.8 Å². The lowest BCUT2D eigenvalue weighted by Crippen LogP contribution is -2.48. The summed E-state index contributed by atoms with van der Waals surface area (Å²) in [5, 5.41) is 9.27. The average molecular weight is 274 g/mol. The Hall–Kier alpha value is -1.39. The molecular formula is C16H22N2O2. The van der Waals surface area contributed by atoms with Gasteiger partial charge in [-0.3, -0.25) is 4.90 Å². The Morgan fingerprint density at radius 2 is 2.20 bits per heavy atom. The summed E-state index contributed by atoms with van der Waals surface area (Å²) in [6, 6.07) is 6.31. The van der Waals surface area contributed by atoms with Gasteiger partial charge in [0.05, 0.1) is 5.56 Å². The molecule has 1 unspecified atom stereocenters. The van der Waals surface area contributed by atoms with Crippen molar-refractivity contribution in [2.24, 2.45) is 0 Å². The number of likely N-dealkylation sites (N-methyl/N-ethyl adjacent to an activating group) is 1. The molecular weight excluding hydrogens is 252 g/mol. The van der Waals surface area contributed by atoms with Crippen LogP contribution in [-0.4, -0.2) is 53.6 Å². The van der Waals surface area contributed by atoms with Gasteiger partial charge in [-0.2, -0.15) is 0 Å². The van der Waals surface area contributed by atoms with Gasteiger partial charge in [0.1, 0.15) is 0 Å². The maximum absolute atomic E-state index is 11.3. The van der Waals surface area contributed by atoms with E-state index in [0.29, 0.717) is 11.6 Å². The second-order valence-corrected chi connectivity index (χ2v) is 6.03. The number of hydrogen-bond acceptors (Lipinski definition) is 3. The minimum absolute atomic E-state index is 0.489. The Morgan fingerprint density at radius 3 is 2.95 bits per heavy atom. The molecule has 0 amide bonds. The number of rotatable bonds is 2. The van der Waals surface area contributed by atoms with Crippen LogP contribution in [0.2, 0.25) is 0 Å². The van der Waals surface area contributed by atoms with Crippen molar-refractivity contribution in [3.63, 3.8) is 0 Å². The highest BCUT2D eigenvalue weighted by Gasteiger charge is 2.28. The molecule has 0 aromatic heterocycles. The Kier molecular flexibility index (Phi) is 3.76. The second-order valence-electron chi connectivity index (χ2n) is 6.03. The van der Waals surface area contributed by atoms with Crippen molar-refractivity contribution in [1.82, 2.24) is 9.80 Å². The minimum Gasteiger partial charge on any atom is -0.478 e. The van der Waals surface area contributed by atoms with E-state index in [9.17, 15) is 9.90 Å². The molecule has 0 radical (unpaired) electrons. The van der Waals surface area contributed by atoms with Crippen LogP contribution in [-0.2, 0) is 13.0 Å². The Morgan fingerprint density at radius 1 is 1.35 bits per heavy atom. The highest BCUT2D eigenvalue weighted by Crippen LogP contribution is 2.26. The quantitative estimate of drug-likeness (QED) is 0.893. The van der Waals surface area contributed by atoms with Crippen molar-refractivity contribution < 1.29 is 9.90 Å². The number of carbonyl (C=O) groups is 1. The van der Waals surface area contributed by atoms with Gasteiger partial charge >= 0.3 is 5.97 Å². The zero-order chi connectivity index (χ0) is 14.1. The summed E-state index contributed by atoms with van der Waals surface area (Å²) in [6.45, 7) is 4.21. The lowest BCUT2D eigenvalue weighted by molar-refractivity contribution is 0.0692. The molecule has 1 aromatic carbocycles. The Bertz CT molecular complexity index is 515.